The second kappa shape index (κ2) is 5.66. The van der Waals surface area contributed by atoms with Crippen molar-refractivity contribution in [1.82, 2.24) is 4.98 Å². The summed E-state index contributed by atoms with van der Waals surface area (Å²) in [5.41, 5.74) is 2.25. The molecule has 0 atom stereocenters. The molecule has 1 aromatic heterocycles. The Labute approximate surface area is 113 Å². The smallest absolute Gasteiger partial charge is 0.364 e. The van der Waals surface area contributed by atoms with Gasteiger partial charge in [-0.3, -0.25) is 4.79 Å². The molecule has 6 heteroatoms. The number of H-pyrrole nitrogens is 1. The van der Waals surface area contributed by atoms with Crippen LogP contribution in [0.2, 0.25) is 0 Å². The first-order valence-corrected chi connectivity index (χ1v) is 6.19. The molecule has 0 radical (unpaired) electrons. The molecule has 2 aromatic rings. The Morgan fingerprint density at radius 2 is 2.10 bits per heavy atom. The summed E-state index contributed by atoms with van der Waals surface area (Å²) in [6.45, 7) is -0.00628. The number of aromatic nitrogens is 1. The number of ether oxygens (including phenoxy) is 1. The molecule has 0 aliphatic heterocycles. The molecule has 2 rings (SSSR count). The number of fused-ring (bicyclic) bond motifs is 1. The van der Waals surface area contributed by atoms with Gasteiger partial charge >= 0.3 is 6.18 Å². The summed E-state index contributed by atoms with van der Waals surface area (Å²) in [4.78, 5) is 14.9. The maximum atomic E-state index is 12.0. The average Bonchev–Trinajstić information content (AvgIpc) is 2.80. The van der Waals surface area contributed by atoms with E-state index in [9.17, 15) is 18.0 Å². The zero-order chi connectivity index (χ0) is 14.8. The lowest BCUT2D eigenvalue weighted by molar-refractivity contribution is -0.170. The quantitative estimate of drug-likeness (QED) is 0.854. The predicted molar refractivity (Wildman–Crippen MR) is 68.9 cm³/mol. The molecule has 1 N–H and O–H groups in total. The van der Waals surface area contributed by atoms with E-state index in [-0.39, 0.29) is 0 Å². The minimum absolute atomic E-state index is 0.359. The summed E-state index contributed by atoms with van der Waals surface area (Å²) >= 11 is 0. The minimum atomic E-state index is -4.42. The van der Waals surface area contributed by atoms with Gasteiger partial charge in [0.1, 0.15) is 13.2 Å². The van der Waals surface area contributed by atoms with Crippen LogP contribution in [0.1, 0.15) is 22.8 Å². The Bertz CT molecular complexity index is 616. The molecule has 0 spiro atoms. The van der Waals surface area contributed by atoms with E-state index in [2.05, 4.69) is 9.72 Å². The van der Waals surface area contributed by atoms with E-state index in [0.29, 0.717) is 10.9 Å². The zero-order valence-electron chi connectivity index (χ0n) is 10.9. The van der Waals surface area contributed by atoms with Crippen LogP contribution in [0.3, 0.4) is 0 Å². The standard InChI is InChI=1S/C14H14F3NO2/c1-2-9-4-3-5-10-11(6-18-13(9)10)12(19)7-20-8-14(15,16)17/h3-6,18H,2,7-8H2,1H3. The third kappa shape index (κ3) is 3.19. The predicted octanol–water partition coefficient (Wildman–Crippen LogP) is 3.49. The first-order valence-electron chi connectivity index (χ1n) is 6.19. The molecule has 1 aromatic carbocycles. The van der Waals surface area contributed by atoms with Gasteiger partial charge in [-0.15, -0.1) is 0 Å². The lowest BCUT2D eigenvalue weighted by Crippen LogP contribution is -2.20. The number of hydrogen-bond acceptors (Lipinski definition) is 2. The zero-order valence-corrected chi connectivity index (χ0v) is 10.9. The summed E-state index contributed by atoms with van der Waals surface area (Å²) in [6, 6.07) is 5.53. The second-order valence-corrected chi connectivity index (χ2v) is 4.43. The number of halogens is 3. The van der Waals surface area contributed by atoms with Gasteiger partial charge in [0.05, 0.1) is 0 Å². The summed E-state index contributed by atoms with van der Waals surface area (Å²) in [5, 5.41) is 0.713. The Hall–Kier alpha value is -1.82. The van der Waals surface area contributed by atoms with Crippen molar-refractivity contribution in [2.24, 2.45) is 0 Å². The first kappa shape index (κ1) is 14.6. The Balaban J connectivity index is 2.15. The molecule has 0 bridgehead atoms. The van der Waals surface area contributed by atoms with Crippen molar-refractivity contribution in [3.8, 4) is 0 Å². The lowest BCUT2D eigenvalue weighted by atomic mass is 10.1. The van der Waals surface area contributed by atoms with Crippen LogP contribution in [0.25, 0.3) is 10.9 Å². The topological polar surface area (TPSA) is 42.1 Å². The number of hydrogen-bond donors (Lipinski definition) is 1. The van der Waals surface area contributed by atoms with Gasteiger partial charge in [-0.25, -0.2) is 0 Å². The highest BCUT2D eigenvalue weighted by atomic mass is 19.4. The molecule has 3 nitrogen and oxygen atoms in total. The maximum Gasteiger partial charge on any atom is 0.411 e. The normalized spacial score (nSPS) is 12.0. The van der Waals surface area contributed by atoms with Crippen molar-refractivity contribution < 1.29 is 22.7 Å². The molecule has 0 saturated carbocycles. The summed E-state index contributed by atoms with van der Waals surface area (Å²) in [7, 11) is 0. The van der Waals surface area contributed by atoms with E-state index in [1.54, 1.807) is 6.07 Å². The van der Waals surface area contributed by atoms with E-state index >= 15 is 0 Å². The maximum absolute atomic E-state index is 12.0. The average molecular weight is 285 g/mol. The van der Waals surface area contributed by atoms with Gasteiger partial charge in [0.25, 0.3) is 0 Å². The number of aromatic amines is 1. The first-order chi connectivity index (χ1) is 9.42. The molecule has 108 valence electrons. The molecule has 0 saturated heterocycles. The number of para-hydroxylation sites is 1. The van der Waals surface area contributed by atoms with Gasteiger partial charge < -0.3 is 9.72 Å². The van der Waals surface area contributed by atoms with Crippen molar-refractivity contribution in [2.75, 3.05) is 13.2 Å². The van der Waals surface area contributed by atoms with Gasteiger partial charge in [-0.05, 0) is 12.0 Å². The molecule has 0 amide bonds. The lowest BCUT2D eigenvalue weighted by Gasteiger charge is -2.06. The number of alkyl halides is 3. The summed E-state index contributed by atoms with van der Waals surface area (Å²) in [6.07, 6.45) is -2.10. The molecule has 0 aliphatic rings. The second-order valence-electron chi connectivity index (χ2n) is 4.43. The number of Topliss-reactive ketones (excluding diaryl/α,β-unsaturated/α-hetero) is 1. The van der Waals surface area contributed by atoms with Crippen LogP contribution in [-0.2, 0) is 11.2 Å². The van der Waals surface area contributed by atoms with Crippen molar-refractivity contribution in [2.45, 2.75) is 19.5 Å². The molecule has 1 heterocycles. The largest absolute Gasteiger partial charge is 0.411 e. The van der Waals surface area contributed by atoms with Crippen molar-refractivity contribution in [3.63, 3.8) is 0 Å². The summed E-state index contributed by atoms with van der Waals surface area (Å²) < 4.78 is 40.3. The van der Waals surface area contributed by atoms with Crippen LogP contribution < -0.4 is 0 Å². The number of nitrogens with one attached hydrogen (secondary N) is 1. The van der Waals surface area contributed by atoms with E-state index in [4.69, 9.17) is 0 Å². The molecule has 0 fully saturated rings. The SMILES string of the molecule is CCc1cccc2c(C(=O)COCC(F)(F)F)c[nH]c12. The van der Waals surface area contributed by atoms with Crippen molar-refractivity contribution in [3.05, 3.63) is 35.5 Å². The van der Waals surface area contributed by atoms with E-state index < -0.39 is 25.2 Å². The van der Waals surface area contributed by atoms with Crippen molar-refractivity contribution in [1.29, 1.82) is 0 Å². The number of rotatable bonds is 5. The van der Waals surface area contributed by atoms with Gasteiger partial charge in [0.2, 0.25) is 0 Å². The fourth-order valence-corrected chi connectivity index (χ4v) is 2.08. The van der Waals surface area contributed by atoms with Crippen LogP contribution in [0.15, 0.2) is 24.4 Å². The van der Waals surface area contributed by atoms with E-state index in [1.807, 2.05) is 19.1 Å². The fourth-order valence-electron chi connectivity index (χ4n) is 2.08. The van der Waals surface area contributed by atoms with E-state index in [1.165, 1.54) is 6.20 Å². The molecular formula is C14H14F3NO2. The highest BCUT2D eigenvalue weighted by molar-refractivity contribution is 6.09. The molecular weight excluding hydrogens is 271 g/mol. The fraction of sp³-hybridized carbons (Fsp3) is 0.357. The third-order valence-electron chi connectivity index (χ3n) is 2.98. The molecule has 20 heavy (non-hydrogen) atoms. The number of ketones is 1. The van der Waals surface area contributed by atoms with Crippen LogP contribution in [-0.4, -0.2) is 30.2 Å². The molecule has 0 unspecified atom stereocenters. The number of benzene rings is 1. The van der Waals surface area contributed by atoms with Crippen LogP contribution in [0.4, 0.5) is 13.2 Å². The highest BCUT2D eigenvalue weighted by Gasteiger charge is 2.28. The molecule has 0 aliphatic carbocycles. The Morgan fingerprint density at radius 3 is 2.75 bits per heavy atom. The monoisotopic (exact) mass is 285 g/mol. The van der Waals surface area contributed by atoms with Crippen LogP contribution in [0, 0.1) is 0 Å². The van der Waals surface area contributed by atoms with Crippen LogP contribution in [0.5, 0.6) is 0 Å². The van der Waals surface area contributed by atoms with Gasteiger partial charge in [-0.1, -0.05) is 25.1 Å². The Morgan fingerprint density at radius 1 is 1.35 bits per heavy atom. The van der Waals surface area contributed by atoms with Crippen LogP contribution >= 0.6 is 0 Å². The van der Waals surface area contributed by atoms with E-state index in [0.717, 1.165) is 17.5 Å². The minimum Gasteiger partial charge on any atom is -0.364 e. The van der Waals surface area contributed by atoms with Crippen molar-refractivity contribution >= 4 is 16.7 Å². The van der Waals surface area contributed by atoms with Gasteiger partial charge in [0, 0.05) is 22.7 Å². The van der Waals surface area contributed by atoms with Gasteiger partial charge in [-0.2, -0.15) is 13.2 Å². The number of carbonyl (C=O) groups is 1. The summed E-state index contributed by atoms with van der Waals surface area (Å²) in [5.74, 6) is -0.464. The number of aryl methyl sites for hydroxylation is 1. The third-order valence-corrected chi connectivity index (χ3v) is 2.98. The highest BCUT2D eigenvalue weighted by Crippen LogP contribution is 2.23. The van der Waals surface area contributed by atoms with Gasteiger partial charge in [0.15, 0.2) is 5.78 Å². The number of carbonyl (C=O) groups excluding carboxylic acids is 1. The Kier molecular flexibility index (Phi) is 4.13.